The Balaban J connectivity index is 1.91. The van der Waals surface area contributed by atoms with Gasteiger partial charge < -0.3 is 10.0 Å². The van der Waals surface area contributed by atoms with Crippen LogP contribution in [0.2, 0.25) is 0 Å². The first-order valence-corrected chi connectivity index (χ1v) is 7.17. The van der Waals surface area contributed by atoms with E-state index in [9.17, 15) is 9.59 Å². The van der Waals surface area contributed by atoms with Crippen molar-refractivity contribution in [1.29, 1.82) is 0 Å². The van der Waals surface area contributed by atoms with Crippen LogP contribution in [0.5, 0.6) is 0 Å². The van der Waals surface area contributed by atoms with Crippen molar-refractivity contribution in [3.63, 3.8) is 0 Å². The van der Waals surface area contributed by atoms with Crippen molar-refractivity contribution in [3.05, 3.63) is 28.0 Å². The molecule has 0 bridgehead atoms. The van der Waals surface area contributed by atoms with Crippen LogP contribution in [0.4, 0.5) is 0 Å². The quantitative estimate of drug-likeness (QED) is 0.843. The molecular weight excluding hydrogens is 262 g/mol. The number of carbonyl (C=O) groups excluding carboxylic acids is 1. The van der Waals surface area contributed by atoms with Crippen molar-refractivity contribution in [2.75, 3.05) is 7.05 Å². The zero-order valence-corrected chi connectivity index (χ0v) is 11.7. The van der Waals surface area contributed by atoms with Crippen LogP contribution in [0.25, 0.3) is 6.08 Å². The lowest BCUT2D eigenvalue weighted by molar-refractivity contribution is -0.137. The number of carbonyl (C=O) groups is 2. The lowest BCUT2D eigenvalue weighted by Crippen LogP contribution is -2.35. The summed E-state index contributed by atoms with van der Waals surface area (Å²) in [4.78, 5) is 25.2. The summed E-state index contributed by atoms with van der Waals surface area (Å²) in [6, 6.07) is 1.93. The van der Waals surface area contributed by atoms with Gasteiger partial charge in [0.15, 0.2) is 0 Å². The highest BCUT2D eigenvalue weighted by molar-refractivity contribution is 7.10. The van der Waals surface area contributed by atoms with E-state index < -0.39 is 5.97 Å². The molecule has 1 aliphatic carbocycles. The Morgan fingerprint density at radius 3 is 2.84 bits per heavy atom. The fourth-order valence-corrected chi connectivity index (χ4v) is 2.92. The molecule has 19 heavy (non-hydrogen) atoms. The molecule has 0 radical (unpaired) electrons. The van der Waals surface area contributed by atoms with Crippen LogP contribution in [-0.2, 0) is 16.1 Å². The standard InChI is InChI=1S/C14H17NO3S/c1-15(14(18)11-3-2-4-11)8-12-7-10(9-19-12)5-6-13(16)17/h5-7,9,11H,2-4,8H2,1H3,(H,16,17)/b6-5+. The molecule has 2 rings (SSSR count). The second-order valence-corrected chi connectivity index (χ2v) is 5.84. The topological polar surface area (TPSA) is 57.6 Å². The Morgan fingerprint density at radius 1 is 1.53 bits per heavy atom. The van der Waals surface area contributed by atoms with Crippen molar-refractivity contribution >= 4 is 29.3 Å². The van der Waals surface area contributed by atoms with Gasteiger partial charge in [-0.2, -0.15) is 0 Å². The van der Waals surface area contributed by atoms with E-state index in [4.69, 9.17) is 5.11 Å². The van der Waals surface area contributed by atoms with Crippen LogP contribution in [0.1, 0.15) is 29.7 Å². The second-order valence-electron chi connectivity index (χ2n) is 4.84. The van der Waals surface area contributed by atoms with Crippen molar-refractivity contribution in [2.24, 2.45) is 5.92 Å². The van der Waals surface area contributed by atoms with E-state index in [2.05, 4.69) is 0 Å². The number of rotatable bonds is 5. The highest BCUT2D eigenvalue weighted by Gasteiger charge is 2.27. The molecule has 1 saturated carbocycles. The molecule has 1 aromatic rings. The third-order valence-corrected chi connectivity index (χ3v) is 4.26. The number of hydrogen-bond donors (Lipinski definition) is 1. The molecule has 1 fully saturated rings. The number of amides is 1. The second kappa shape index (κ2) is 6.02. The van der Waals surface area contributed by atoms with Gasteiger partial charge in [-0.1, -0.05) is 6.42 Å². The molecule has 1 amide bonds. The zero-order valence-electron chi connectivity index (χ0n) is 10.8. The van der Waals surface area contributed by atoms with E-state index in [-0.39, 0.29) is 11.8 Å². The summed E-state index contributed by atoms with van der Waals surface area (Å²) in [5, 5.41) is 10.5. The molecule has 5 heteroatoms. The maximum absolute atomic E-state index is 12.0. The van der Waals surface area contributed by atoms with E-state index in [1.165, 1.54) is 0 Å². The molecule has 0 unspecified atom stereocenters. The largest absolute Gasteiger partial charge is 0.478 e. The fourth-order valence-electron chi connectivity index (χ4n) is 2.01. The molecule has 1 aromatic heterocycles. The van der Waals surface area contributed by atoms with Crippen LogP contribution in [-0.4, -0.2) is 28.9 Å². The third-order valence-electron chi connectivity index (χ3n) is 3.32. The summed E-state index contributed by atoms with van der Waals surface area (Å²) < 4.78 is 0. The van der Waals surface area contributed by atoms with Gasteiger partial charge in [0.1, 0.15) is 0 Å². The Hall–Kier alpha value is -1.62. The summed E-state index contributed by atoms with van der Waals surface area (Å²) in [7, 11) is 1.83. The summed E-state index contributed by atoms with van der Waals surface area (Å²) in [6.07, 6.45) is 5.87. The molecule has 1 aliphatic rings. The van der Waals surface area contributed by atoms with Gasteiger partial charge in [0, 0.05) is 23.9 Å². The first-order chi connectivity index (χ1) is 9.06. The average Bonchev–Trinajstić information content (AvgIpc) is 2.71. The number of carboxylic acid groups (broad SMARTS) is 1. The van der Waals surface area contributed by atoms with Gasteiger partial charge in [0.05, 0.1) is 6.54 Å². The molecule has 0 atom stereocenters. The summed E-state index contributed by atoms with van der Waals surface area (Å²) >= 11 is 1.55. The minimum Gasteiger partial charge on any atom is -0.478 e. The minimum absolute atomic E-state index is 0.219. The van der Waals surface area contributed by atoms with Crippen molar-refractivity contribution in [2.45, 2.75) is 25.8 Å². The monoisotopic (exact) mass is 279 g/mol. The predicted molar refractivity (Wildman–Crippen MR) is 74.8 cm³/mol. The van der Waals surface area contributed by atoms with Crippen LogP contribution < -0.4 is 0 Å². The van der Waals surface area contributed by atoms with Crippen LogP contribution in [0.3, 0.4) is 0 Å². The lowest BCUT2D eigenvalue weighted by Gasteiger charge is -2.28. The Kier molecular flexibility index (Phi) is 4.37. The molecule has 0 saturated heterocycles. The first kappa shape index (κ1) is 13.8. The Bertz CT molecular complexity index is 503. The maximum Gasteiger partial charge on any atom is 0.328 e. The number of thiophene rings is 1. The van der Waals surface area contributed by atoms with Gasteiger partial charge in [0.25, 0.3) is 0 Å². The molecule has 1 heterocycles. The molecule has 0 aromatic carbocycles. The highest BCUT2D eigenvalue weighted by atomic mass is 32.1. The van der Waals surface area contributed by atoms with E-state index in [1.54, 1.807) is 22.3 Å². The van der Waals surface area contributed by atoms with Gasteiger partial charge in [0.2, 0.25) is 5.91 Å². The third kappa shape index (κ3) is 3.67. The lowest BCUT2D eigenvalue weighted by atomic mass is 9.84. The number of aliphatic carboxylic acids is 1. The van der Waals surface area contributed by atoms with Crippen molar-refractivity contribution < 1.29 is 14.7 Å². The molecule has 0 spiro atoms. The van der Waals surface area contributed by atoms with Crippen LogP contribution >= 0.6 is 11.3 Å². The van der Waals surface area contributed by atoms with Gasteiger partial charge in [-0.25, -0.2) is 4.79 Å². The molecular formula is C14H17NO3S. The molecule has 1 N–H and O–H groups in total. The summed E-state index contributed by atoms with van der Waals surface area (Å²) in [6.45, 7) is 0.598. The Morgan fingerprint density at radius 2 is 2.26 bits per heavy atom. The van der Waals surface area contributed by atoms with Crippen molar-refractivity contribution in [3.8, 4) is 0 Å². The molecule has 102 valence electrons. The van der Waals surface area contributed by atoms with Gasteiger partial charge in [-0.05, 0) is 35.9 Å². The smallest absolute Gasteiger partial charge is 0.328 e. The SMILES string of the molecule is CN(Cc1cc(/C=C/C(=O)O)cs1)C(=O)C1CCC1. The number of hydrogen-bond acceptors (Lipinski definition) is 3. The van der Waals surface area contributed by atoms with E-state index >= 15 is 0 Å². The zero-order chi connectivity index (χ0) is 13.8. The Labute approximate surface area is 116 Å². The number of carboxylic acids is 1. The minimum atomic E-state index is -0.954. The predicted octanol–water partition coefficient (Wildman–Crippen LogP) is 2.60. The van der Waals surface area contributed by atoms with Crippen LogP contribution in [0.15, 0.2) is 17.5 Å². The van der Waals surface area contributed by atoms with E-state index in [1.807, 2.05) is 18.5 Å². The summed E-state index contributed by atoms with van der Waals surface area (Å²) in [5.41, 5.74) is 0.867. The first-order valence-electron chi connectivity index (χ1n) is 6.29. The molecule has 4 nitrogen and oxygen atoms in total. The van der Waals surface area contributed by atoms with E-state index in [0.717, 1.165) is 35.8 Å². The maximum atomic E-state index is 12.0. The van der Waals surface area contributed by atoms with Gasteiger partial charge in [-0.3, -0.25) is 4.79 Å². The van der Waals surface area contributed by atoms with Crippen LogP contribution in [0, 0.1) is 5.92 Å². The van der Waals surface area contributed by atoms with Gasteiger partial charge >= 0.3 is 5.97 Å². The normalized spacial score (nSPS) is 15.4. The number of nitrogens with zero attached hydrogens (tertiary/aromatic N) is 1. The van der Waals surface area contributed by atoms with Gasteiger partial charge in [-0.15, -0.1) is 11.3 Å². The fraction of sp³-hybridized carbons (Fsp3) is 0.429. The van der Waals surface area contributed by atoms with E-state index in [0.29, 0.717) is 6.54 Å². The average molecular weight is 279 g/mol. The molecule has 0 aliphatic heterocycles. The summed E-state index contributed by atoms with van der Waals surface area (Å²) in [5.74, 6) is -0.511. The van der Waals surface area contributed by atoms with Crippen molar-refractivity contribution in [1.82, 2.24) is 4.90 Å². The highest BCUT2D eigenvalue weighted by Crippen LogP contribution is 2.28.